The summed E-state index contributed by atoms with van der Waals surface area (Å²) in [5.74, 6) is -50.2. The Kier molecular flexibility index (Phi) is 12.7. The zero-order valence-corrected chi connectivity index (χ0v) is 34.8. The van der Waals surface area contributed by atoms with Gasteiger partial charge in [-0.15, -0.1) is 16.4 Å². The average molecular weight is 903 g/mol. The van der Waals surface area contributed by atoms with Gasteiger partial charge in [0.15, 0.2) is 58.5 Å². The summed E-state index contributed by atoms with van der Waals surface area (Å²) in [5.41, 5.74) is -6.41. The van der Waals surface area contributed by atoms with Gasteiger partial charge in [0.1, 0.15) is 46.3 Å². The van der Waals surface area contributed by atoms with Crippen molar-refractivity contribution in [3.8, 4) is 0 Å². The number of rotatable bonds is 10. The van der Waals surface area contributed by atoms with Crippen LogP contribution in [0.2, 0.25) is 0 Å². The molecule has 2 nitrogen and oxygen atoms in total. The minimum Gasteiger partial charge on any atom is -0.261 e. The summed E-state index contributed by atoms with van der Waals surface area (Å²) in [4.78, 5) is 0.861. The average Bonchev–Trinajstić information content (AvgIpc) is 3.69. The molecule has 6 rings (SSSR count). The highest BCUT2D eigenvalue weighted by atomic mass is 19.2. The van der Waals surface area contributed by atoms with Crippen molar-refractivity contribution in [1.82, 2.24) is 0 Å². The maximum absolute atomic E-state index is 17.0. The zero-order chi connectivity index (χ0) is 47.1. The maximum atomic E-state index is 17.0. The Balaban J connectivity index is 2.05. The fraction of sp³-hybridized carbons (Fsp3) is 0.311. The molecule has 0 radical (unpaired) electrons. The number of halogens is 15. The Hall–Kier alpha value is -5.42. The summed E-state index contributed by atoms with van der Waals surface area (Å²) in [5, 5.41) is 0. The van der Waals surface area contributed by atoms with E-state index < -0.39 is 146 Å². The summed E-state index contributed by atoms with van der Waals surface area (Å²) >= 11 is 0. The molecule has 0 saturated heterocycles. The molecular weight excluding hydrogens is 864 g/mol. The molecule has 0 fully saturated rings. The third-order valence-corrected chi connectivity index (χ3v) is 11.9. The molecule has 5 aromatic carbocycles. The number of nitrogens with zero attached hydrogens (tertiary/aromatic N) is 2. The standard InChI is InChI=1S/C45H38BF15N2/c1-17(2)21-11-9-12-22(18(3)4)44(21)62-15-25(63(16-62)45-23(19(5)6)13-10-14-24(45)20(7)8)46(26-29(47)35(53)41(59)36(54)30(26)48,27-31(49)37(55)42(60)38(56)32(27)50)28-33(51)39(57)43(61)40(58)34(28)52/h9-14,16-20,25H,15H2,1-8H3. The SMILES string of the molecule is CC(C)c1cccc(C(C)C)c1N1C=[N+](c2c(C(C)C)cccc2C(C)C)CC1[B-](c1c(F)c(F)c(F)c(F)c1F)(c1c(F)c(F)c(F)c(F)c1F)c1c(F)c(F)c(F)c(F)c1F. The summed E-state index contributed by atoms with van der Waals surface area (Å²) in [6.45, 7) is 12.2. The van der Waals surface area contributed by atoms with Crippen molar-refractivity contribution in [3.63, 3.8) is 0 Å². The number of para-hydroxylation sites is 2. The molecule has 5 aromatic rings. The Morgan fingerprint density at radius 3 is 0.937 bits per heavy atom. The molecule has 0 aromatic heterocycles. The van der Waals surface area contributed by atoms with E-state index in [4.69, 9.17) is 0 Å². The molecule has 0 bridgehead atoms. The van der Waals surface area contributed by atoms with Crippen LogP contribution in [-0.4, -0.2) is 29.5 Å². The molecule has 0 spiro atoms. The van der Waals surface area contributed by atoms with E-state index in [2.05, 4.69) is 0 Å². The van der Waals surface area contributed by atoms with Crippen LogP contribution in [0.1, 0.15) is 101 Å². The lowest BCUT2D eigenvalue weighted by Crippen LogP contribution is -2.82. The van der Waals surface area contributed by atoms with Crippen LogP contribution in [0, 0.1) is 87.3 Å². The third kappa shape index (κ3) is 7.06. The number of anilines is 1. The number of benzene rings is 5. The van der Waals surface area contributed by atoms with Gasteiger partial charge in [-0.05, 0) is 23.7 Å². The molecule has 0 saturated carbocycles. The molecule has 0 amide bonds. The molecule has 1 aliphatic rings. The molecule has 0 aliphatic carbocycles. The molecule has 1 heterocycles. The highest BCUT2D eigenvalue weighted by Gasteiger charge is 2.58. The molecule has 1 atom stereocenters. The highest BCUT2D eigenvalue weighted by Crippen LogP contribution is 2.43. The zero-order valence-electron chi connectivity index (χ0n) is 34.8. The van der Waals surface area contributed by atoms with Gasteiger partial charge in [-0.25, -0.2) is 70.4 Å². The van der Waals surface area contributed by atoms with Gasteiger partial charge in [0, 0.05) is 28.2 Å². The second-order valence-electron chi connectivity index (χ2n) is 16.8. The Morgan fingerprint density at radius 2 is 0.667 bits per heavy atom. The molecule has 0 N–H and O–H groups in total. The van der Waals surface area contributed by atoms with Gasteiger partial charge >= 0.3 is 0 Å². The molecule has 63 heavy (non-hydrogen) atoms. The van der Waals surface area contributed by atoms with Crippen LogP contribution in [0.15, 0.2) is 36.4 Å². The lowest BCUT2D eigenvalue weighted by Gasteiger charge is -2.48. The third-order valence-electron chi connectivity index (χ3n) is 11.9. The summed E-state index contributed by atoms with van der Waals surface area (Å²) in [7, 11) is 0. The number of hydrogen-bond acceptors (Lipinski definition) is 1. The van der Waals surface area contributed by atoms with Crippen molar-refractivity contribution >= 4 is 40.2 Å². The van der Waals surface area contributed by atoms with Crippen LogP contribution in [0.5, 0.6) is 0 Å². The molecule has 1 aliphatic heterocycles. The van der Waals surface area contributed by atoms with E-state index in [0.717, 1.165) is 11.2 Å². The lowest BCUT2D eigenvalue weighted by atomic mass is 9.11. The topological polar surface area (TPSA) is 6.25 Å². The van der Waals surface area contributed by atoms with Gasteiger partial charge in [0.05, 0.1) is 6.54 Å². The van der Waals surface area contributed by atoms with E-state index in [9.17, 15) is 13.2 Å². The van der Waals surface area contributed by atoms with Crippen molar-refractivity contribution in [3.05, 3.63) is 146 Å². The predicted octanol–water partition coefficient (Wildman–Crippen LogP) is 11.5. The first kappa shape index (κ1) is 47.1. The fourth-order valence-corrected chi connectivity index (χ4v) is 9.07. The van der Waals surface area contributed by atoms with E-state index in [1.165, 1.54) is 16.7 Å². The first-order chi connectivity index (χ1) is 29.4. The molecule has 18 heteroatoms. The quantitative estimate of drug-likeness (QED) is 0.0445. The van der Waals surface area contributed by atoms with E-state index in [-0.39, 0.29) is 22.5 Å². The van der Waals surface area contributed by atoms with Gasteiger partial charge in [0.25, 0.3) is 0 Å². The summed E-state index contributed by atoms with van der Waals surface area (Å²) in [6, 6.07) is 9.39. The largest absolute Gasteiger partial charge is 0.261 e. The van der Waals surface area contributed by atoms with Crippen molar-refractivity contribution in [2.24, 2.45) is 0 Å². The van der Waals surface area contributed by atoms with Crippen LogP contribution in [0.4, 0.5) is 77.2 Å². The summed E-state index contributed by atoms with van der Waals surface area (Å²) < 4.78 is 242. The van der Waals surface area contributed by atoms with E-state index in [1.54, 1.807) is 79.7 Å². The van der Waals surface area contributed by atoms with E-state index >= 15 is 52.7 Å². The van der Waals surface area contributed by atoms with Gasteiger partial charge < -0.3 is 0 Å². The Labute approximate surface area is 352 Å². The summed E-state index contributed by atoms with van der Waals surface area (Å²) in [6.07, 6.45) is -4.92. The Morgan fingerprint density at radius 1 is 0.413 bits per heavy atom. The van der Waals surface area contributed by atoms with Crippen molar-refractivity contribution in [2.45, 2.75) is 85.0 Å². The van der Waals surface area contributed by atoms with Gasteiger partial charge in [-0.1, -0.05) is 91.8 Å². The minimum atomic E-state index is -6.01. The van der Waals surface area contributed by atoms with Gasteiger partial charge in [-0.2, -0.15) is 0 Å². The van der Waals surface area contributed by atoms with Gasteiger partial charge in [0.2, 0.25) is 6.34 Å². The van der Waals surface area contributed by atoms with Crippen molar-refractivity contribution in [1.29, 1.82) is 0 Å². The van der Waals surface area contributed by atoms with Crippen molar-refractivity contribution in [2.75, 3.05) is 11.4 Å². The fourth-order valence-electron chi connectivity index (χ4n) is 9.07. The molecule has 1 unspecified atom stereocenters. The first-order valence-corrected chi connectivity index (χ1v) is 19.7. The van der Waals surface area contributed by atoms with Crippen LogP contribution in [0.25, 0.3) is 0 Å². The van der Waals surface area contributed by atoms with Crippen LogP contribution in [0.3, 0.4) is 0 Å². The first-order valence-electron chi connectivity index (χ1n) is 19.7. The predicted molar refractivity (Wildman–Crippen MR) is 210 cm³/mol. The molecular formula is C45H38BF15N2. The molecule has 336 valence electrons. The van der Waals surface area contributed by atoms with E-state index in [1.807, 2.05) is 0 Å². The number of hydrogen-bond donors (Lipinski definition) is 0. The highest BCUT2D eigenvalue weighted by molar-refractivity contribution is 7.13. The van der Waals surface area contributed by atoms with Crippen LogP contribution in [-0.2, 0) is 0 Å². The second-order valence-corrected chi connectivity index (χ2v) is 16.8. The van der Waals surface area contributed by atoms with Gasteiger partial charge in [-0.3, -0.25) is 4.90 Å². The van der Waals surface area contributed by atoms with Crippen LogP contribution >= 0.6 is 0 Å². The normalized spacial score (nSPS) is 14.7. The smallest absolute Gasteiger partial charge is 0.241 e. The Bertz CT molecular complexity index is 2400. The van der Waals surface area contributed by atoms with Crippen molar-refractivity contribution < 1.29 is 70.4 Å². The van der Waals surface area contributed by atoms with E-state index in [0.29, 0.717) is 11.1 Å². The monoisotopic (exact) mass is 902 g/mol. The second kappa shape index (κ2) is 16.9. The maximum Gasteiger partial charge on any atom is 0.241 e. The lowest BCUT2D eigenvalue weighted by molar-refractivity contribution is -0.427. The minimum absolute atomic E-state index is 0.119. The van der Waals surface area contributed by atoms with Crippen LogP contribution < -0.4 is 21.3 Å².